The molecule has 30 heavy (non-hydrogen) atoms. The lowest BCUT2D eigenvalue weighted by atomic mass is 9.93. The summed E-state index contributed by atoms with van der Waals surface area (Å²) in [5.41, 5.74) is 3.70. The van der Waals surface area contributed by atoms with E-state index in [-0.39, 0.29) is 11.9 Å². The number of nitrogens with zero attached hydrogens (tertiary/aromatic N) is 1. The monoisotopic (exact) mass is 440 g/mol. The summed E-state index contributed by atoms with van der Waals surface area (Å²) in [6, 6.07) is 12.3. The lowest BCUT2D eigenvalue weighted by molar-refractivity contribution is 0.103. The molecule has 0 aliphatic carbocycles. The van der Waals surface area contributed by atoms with Crippen LogP contribution < -0.4 is 10.1 Å². The maximum atomic E-state index is 12.9. The minimum absolute atomic E-state index is 0.0319. The van der Waals surface area contributed by atoms with Crippen molar-refractivity contribution in [2.75, 3.05) is 25.5 Å². The number of ether oxygens (including phenoxy) is 1. The third-order valence-corrected chi connectivity index (χ3v) is 7.85. The van der Waals surface area contributed by atoms with Crippen LogP contribution in [0.2, 0.25) is 0 Å². The first-order chi connectivity index (χ1) is 14.6. The van der Waals surface area contributed by atoms with E-state index in [0.717, 1.165) is 28.7 Å². The summed E-state index contributed by atoms with van der Waals surface area (Å²) >= 11 is 3.15. The zero-order valence-electron chi connectivity index (χ0n) is 17.7. The second-order valence-electron chi connectivity index (χ2n) is 7.73. The van der Waals surface area contributed by atoms with Gasteiger partial charge in [0.1, 0.15) is 10.8 Å². The van der Waals surface area contributed by atoms with Crippen LogP contribution in [0.3, 0.4) is 0 Å². The summed E-state index contributed by atoms with van der Waals surface area (Å²) in [6.45, 7) is 6.45. The number of hydrogen-bond donors (Lipinski definition) is 1. The van der Waals surface area contributed by atoms with Crippen molar-refractivity contribution in [2.24, 2.45) is 0 Å². The molecule has 0 radical (unpaired) electrons. The normalized spacial score (nSPS) is 15.7. The van der Waals surface area contributed by atoms with E-state index in [9.17, 15) is 4.79 Å². The van der Waals surface area contributed by atoms with Crippen molar-refractivity contribution in [1.29, 1.82) is 0 Å². The smallest absolute Gasteiger partial charge is 0.266 e. The van der Waals surface area contributed by atoms with Crippen LogP contribution in [0, 0.1) is 13.8 Å². The van der Waals surface area contributed by atoms with Gasteiger partial charge in [-0.3, -0.25) is 9.69 Å². The molecule has 3 aromatic rings. The Labute approximate surface area is 186 Å². The number of methoxy groups -OCH3 is 1. The van der Waals surface area contributed by atoms with E-state index < -0.39 is 0 Å². The first-order valence-corrected chi connectivity index (χ1v) is 12.1. The molecule has 1 N–H and O–H groups in total. The van der Waals surface area contributed by atoms with Gasteiger partial charge in [0.2, 0.25) is 0 Å². The highest BCUT2D eigenvalue weighted by atomic mass is 32.1. The molecule has 158 valence electrons. The minimum Gasteiger partial charge on any atom is -0.497 e. The zero-order valence-corrected chi connectivity index (χ0v) is 19.4. The van der Waals surface area contributed by atoms with E-state index in [1.54, 1.807) is 18.4 Å². The number of carbonyl (C=O) groups is 1. The number of rotatable bonds is 6. The summed E-state index contributed by atoms with van der Waals surface area (Å²) in [6.07, 6.45) is 3.70. The second-order valence-corrected chi connectivity index (χ2v) is 9.91. The number of thiophene rings is 2. The molecule has 1 aliphatic rings. The van der Waals surface area contributed by atoms with Crippen LogP contribution >= 0.6 is 22.7 Å². The van der Waals surface area contributed by atoms with Gasteiger partial charge in [-0.05, 0) is 74.5 Å². The molecule has 3 heterocycles. The maximum Gasteiger partial charge on any atom is 0.266 e. The molecular formula is C24H28N2O2S2. The Morgan fingerprint density at radius 1 is 1.13 bits per heavy atom. The van der Waals surface area contributed by atoms with Crippen LogP contribution in [0.1, 0.15) is 56.5 Å². The van der Waals surface area contributed by atoms with Gasteiger partial charge in [0.05, 0.1) is 18.0 Å². The summed E-state index contributed by atoms with van der Waals surface area (Å²) in [5, 5.41) is 6.12. The molecule has 1 aromatic carbocycles. The van der Waals surface area contributed by atoms with E-state index in [2.05, 4.69) is 42.3 Å². The predicted molar refractivity (Wildman–Crippen MR) is 126 cm³/mol. The molecular weight excluding hydrogens is 412 g/mol. The average molecular weight is 441 g/mol. The van der Waals surface area contributed by atoms with Crippen molar-refractivity contribution in [2.45, 2.75) is 39.2 Å². The molecule has 4 nitrogen and oxygen atoms in total. The van der Waals surface area contributed by atoms with E-state index in [4.69, 9.17) is 4.74 Å². The summed E-state index contributed by atoms with van der Waals surface area (Å²) < 4.78 is 5.52. The van der Waals surface area contributed by atoms with Crippen molar-refractivity contribution in [3.8, 4) is 5.75 Å². The Morgan fingerprint density at radius 3 is 2.63 bits per heavy atom. The Bertz CT molecular complexity index is 1000. The number of anilines is 1. The number of carbonyl (C=O) groups excluding carboxylic acids is 1. The van der Waals surface area contributed by atoms with Gasteiger partial charge >= 0.3 is 0 Å². The lowest BCUT2D eigenvalue weighted by Gasteiger charge is -2.36. The highest BCUT2D eigenvalue weighted by molar-refractivity contribution is 7.17. The van der Waals surface area contributed by atoms with Gasteiger partial charge < -0.3 is 10.1 Å². The van der Waals surface area contributed by atoms with Crippen molar-refractivity contribution in [1.82, 2.24) is 4.90 Å². The van der Waals surface area contributed by atoms with Crippen LogP contribution in [-0.4, -0.2) is 31.0 Å². The van der Waals surface area contributed by atoms with Crippen LogP contribution in [0.4, 0.5) is 5.00 Å². The first-order valence-electron chi connectivity index (χ1n) is 10.4. The van der Waals surface area contributed by atoms with Gasteiger partial charge in [-0.15, -0.1) is 22.7 Å². The third-order valence-electron chi connectivity index (χ3n) is 5.84. The molecule has 1 saturated heterocycles. The molecule has 1 amide bonds. The largest absolute Gasteiger partial charge is 0.497 e. The number of benzene rings is 1. The Morgan fingerprint density at radius 2 is 1.93 bits per heavy atom. The fraction of sp³-hybridized carbons (Fsp3) is 0.375. The molecule has 1 unspecified atom stereocenters. The Hall–Kier alpha value is -2.15. The molecule has 0 bridgehead atoms. The molecule has 1 atom stereocenters. The van der Waals surface area contributed by atoms with E-state index in [1.165, 1.54) is 52.2 Å². The molecule has 0 spiro atoms. The highest BCUT2D eigenvalue weighted by Crippen LogP contribution is 2.43. The quantitative estimate of drug-likeness (QED) is 0.492. The van der Waals surface area contributed by atoms with E-state index in [1.807, 2.05) is 23.6 Å². The second kappa shape index (κ2) is 9.33. The van der Waals surface area contributed by atoms with Crippen LogP contribution in [-0.2, 0) is 0 Å². The number of aryl methyl sites for hydroxylation is 1. The SMILES string of the molecule is COc1cccc(C(c2c(NC(=O)c3cccs3)sc(C)c2C)N2CCCCC2)c1. The topological polar surface area (TPSA) is 41.6 Å². The molecule has 2 aromatic heterocycles. The zero-order chi connectivity index (χ0) is 21.1. The number of likely N-dealkylation sites (tertiary alicyclic amines) is 1. The van der Waals surface area contributed by atoms with Gasteiger partial charge in [-0.25, -0.2) is 0 Å². The van der Waals surface area contributed by atoms with Crippen LogP contribution in [0.25, 0.3) is 0 Å². The van der Waals surface area contributed by atoms with Crippen molar-refractivity contribution < 1.29 is 9.53 Å². The highest BCUT2D eigenvalue weighted by Gasteiger charge is 2.30. The summed E-state index contributed by atoms with van der Waals surface area (Å²) in [7, 11) is 1.71. The van der Waals surface area contributed by atoms with Crippen LogP contribution in [0.5, 0.6) is 5.75 Å². The molecule has 1 fully saturated rings. The molecule has 4 rings (SSSR count). The van der Waals surface area contributed by atoms with Gasteiger partial charge in [0.15, 0.2) is 0 Å². The summed E-state index contributed by atoms with van der Waals surface area (Å²) in [4.78, 5) is 17.4. The standard InChI is InChI=1S/C24H28N2O2S2/c1-16-17(2)30-24(25-23(27)20-11-8-14-29-20)21(16)22(26-12-5-4-6-13-26)18-9-7-10-19(15-18)28-3/h7-11,14-15,22H,4-6,12-13H2,1-3H3,(H,25,27). The van der Waals surface area contributed by atoms with Gasteiger partial charge in [-0.1, -0.05) is 24.6 Å². The van der Waals surface area contributed by atoms with Crippen LogP contribution in [0.15, 0.2) is 41.8 Å². The predicted octanol–water partition coefficient (Wildman–Crippen LogP) is 6.26. The van der Waals surface area contributed by atoms with Crippen molar-refractivity contribution >= 4 is 33.6 Å². The van der Waals surface area contributed by atoms with Gasteiger partial charge in [-0.2, -0.15) is 0 Å². The number of amides is 1. The van der Waals surface area contributed by atoms with E-state index in [0.29, 0.717) is 0 Å². The Kier molecular flexibility index (Phi) is 6.56. The van der Waals surface area contributed by atoms with Gasteiger partial charge in [0.25, 0.3) is 5.91 Å². The molecule has 1 aliphatic heterocycles. The summed E-state index contributed by atoms with van der Waals surface area (Å²) in [5.74, 6) is 0.832. The molecule has 6 heteroatoms. The average Bonchev–Trinajstić information content (AvgIpc) is 3.40. The fourth-order valence-electron chi connectivity index (χ4n) is 4.19. The van der Waals surface area contributed by atoms with Crippen molar-refractivity contribution in [3.63, 3.8) is 0 Å². The molecule has 0 saturated carbocycles. The first kappa shape index (κ1) is 21.1. The lowest BCUT2D eigenvalue weighted by Crippen LogP contribution is -2.35. The van der Waals surface area contributed by atoms with Gasteiger partial charge in [0, 0.05) is 10.4 Å². The number of piperidine rings is 1. The Balaban J connectivity index is 1.78. The maximum absolute atomic E-state index is 12.9. The number of nitrogens with one attached hydrogen (secondary N) is 1. The minimum atomic E-state index is -0.0319. The third kappa shape index (κ3) is 4.31. The van der Waals surface area contributed by atoms with E-state index >= 15 is 0 Å². The fourth-order valence-corrected chi connectivity index (χ4v) is 5.89. The number of hydrogen-bond acceptors (Lipinski definition) is 5. The van der Waals surface area contributed by atoms with Crippen molar-refractivity contribution in [3.05, 3.63) is 68.2 Å².